The minimum absolute atomic E-state index is 0.771. The van der Waals surface area contributed by atoms with E-state index in [0.717, 1.165) is 27.0 Å². The van der Waals surface area contributed by atoms with E-state index in [1.54, 1.807) is 18.0 Å². The van der Waals surface area contributed by atoms with Gasteiger partial charge in [0, 0.05) is 22.5 Å². The van der Waals surface area contributed by atoms with Gasteiger partial charge in [-0.05, 0) is 55.4 Å². The third-order valence-electron chi connectivity index (χ3n) is 2.17. The molecule has 0 aliphatic rings. The maximum absolute atomic E-state index is 5.70. The second kappa shape index (κ2) is 4.53. The van der Waals surface area contributed by atoms with Crippen LogP contribution in [0.3, 0.4) is 0 Å². The minimum Gasteiger partial charge on any atom is -0.399 e. The van der Waals surface area contributed by atoms with Crippen molar-refractivity contribution in [3.8, 4) is 0 Å². The van der Waals surface area contributed by atoms with Gasteiger partial charge in [0.25, 0.3) is 0 Å². The zero-order valence-corrected chi connectivity index (χ0v) is 10.1. The van der Waals surface area contributed by atoms with Gasteiger partial charge in [0.2, 0.25) is 0 Å². The van der Waals surface area contributed by atoms with E-state index in [4.69, 9.17) is 5.73 Å². The lowest BCUT2D eigenvalue weighted by atomic mass is 10.2. The Hall–Kier alpha value is -1.55. The minimum atomic E-state index is 0.771. The Morgan fingerprint density at radius 2 is 2.00 bits per heavy atom. The molecule has 0 amide bonds. The Labute approximate surface area is 99.1 Å². The molecule has 1 aromatic heterocycles. The van der Waals surface area contributed by atoms with E-state index < -0.39 is 0 Å². The molecule has 0 saturated heterocycles. The molecule has 0 saturated carbocycles. The summed E-state index contributed by atoms with van der Waals surface area (Å²) in [4.78, 5) is 9.71. The lowest BCUT2D eigenvalue weighted by Crippen LogP contribution is -1.90. The highest BCUT2D eigenvalue weighted by molar-refractivity contribution is 7.99. The first-order valence-electron chi connectivity index (χ1n) is 4.99. The van der Waals surface area contributed by atoms with Crippen LogP contribution < -0.4 is 5.73 Å². The van der Waals surface area contributed by atoms with E-state index in [2.05, 4.69) is 9.97 Å². The molecule has 3 nitrogen and oxygen atoms in total. The fourth-order valence-electron chi connectivity index (χ4n) is 1.36. The van der Waals surface area contributed by atoms with Crippen molar-refractivity contribution >= 4 is 17.4 Å². The molecule has 0 aliphatic carbocycles. The third kappa shape index (κ3) is 2.52. The van der Waals surface area contributed by atoms with Crippen LogP contribution >= 0.6 is 11.8 Å². The number of benzene rings is 1. The topological polar surface area (TPSA) is 51.8 Å². The van der Waals surface area contributed by atoms with Crippen molar-refractivity contribution in [3.05, 3.63) is 41.7 Å². The summed E-state index contributed by atoms with van der Waals surface area (Å²) in [5, 5.41) is 0.771. The standard InChI is InChI=1S/C12H13N3S/c1-8-7-10(13)3-4-11(8)16-12-14-6-5-9(2)15-12/h3-7H,13H2,1-2H3. The lowest BCUT2D eigenvalue weighted by molar-refractivity contribution is 0.931. The van der Waals surface area contributed by atoms with Gasteiger partial charge in [0.1, 0.15) is 0 Å². The van der Waals surface area contributed by atoms with Gasteiger partial charge in [-0.25, -0.2) is 9.97 Å². The Morgan fingerprint density at radius 1 is 1.19 bits per heavy atom. The molecular formula is C12H13N3S. The molecule has 0 radical (unpaired) electrons. The molecule has 4 heteroatoms. The van der Waals surface area contributed by atoms with Gasteiger partial charge in [-0.3, -0.25) is 0 Å². The van der Waals surface area contributed by atoms with Gasteiger partial charge in [0.15, 0.2) is 5.16 Å². The molecule has 0 bridgehead atoms. The fraction of sp³-hybridized carbons (Fsp3) is 0.167. The largest absolute Gasteiger partial charge is 0.399 e. The van der Waals surface area contributed by atoms with Crippen molar-refractivity contribution in [2.45, 2.75) is 23.9 Å². The van der Waals surface area contributed by atoms with E-state index in [0.29, 0.717) is 0 Å². The van der Waals surface area contributed by atoms with Crippen LogP contribution in [0.4, 0.5) is 5.69 Å². The van der Waals surface area contributed by atoms with Crippen molar-refractivity contribution in [2.24, 2.45) is 0 Å². The summed E-state index contributed by atoms with van der Waals surface area (Å²) in [6.07, 6.45) is 1.78. The summed E-state index contributed by atoms with van der Waals surface area (Å²) in [7, 11) is 0. The number of nitrogens with zero attached hydrogens (tertiary/aromatic N) is 2. The molecule has 0 atom stereocenters. The number of aryl methyl sites for hydroxylation is 2. The molecule has 0 unspecified atom stereocenters. The second-order valence-corrected chi connectivity index (χ2v) is 4.62. The Kier molecular flexibility index (Phi) is 3.10. The Balaban J connectivity index is 2.27. The molecule has 0 spiro atoms. The summed E-state index contributed by atoms with van der Waals surface area (Å²) in [6.45, 7) is 4.00. The molecule has 2 N–H and O–H groups in total. The molecular weight excluding hydrogens is 218 g/mol. The molecule has 2 rings (SSSR count). The zero-order valence-electron chi connectivity index (χ0n) is 9.27. The first-order chi connectivity index (χ1) is 7.65. The number of nitrogen functional groups attached to an aromatic ring is 1. The van der Waals surface area contributed by atoms with Crippen LogP contribution in [0, 0.1) is 13.8 Å². The van der Waals surface area contributed by atoms with Gasteiger partial charge in [-0.15, -0.1) is 0 Å². The van der Waals surface area contributed by atoms with Crippen molar-refractivity contribution in [2.75, 3.05) is 5.73 Å². The average molecular weight is 231 g/mol. The Morgan fingerprint density at radius 3 is 2.69 bits per heavy atom. The van der Waals surface area contributed by atoms with Crippen LogP contribution in [0.5, 0.6) is 0 Å². The highest BCUT2D eigenvalue weighted by atomic mass is 32.2. The normalized spacial score (nSPS) is 10.4. The van der Waals surface area contributed by atoms with Gasteiger partial charge in [-0.2, -0.15) is 0 Å². The number of nitrogens with two attached hydrogens (primary N) is 1. The van der Waals surface area contributed by atoms with Gasteiger partial charge in [0.05, 0.1) is 0 Å². The van der Waals surface area contributed by atoms with Gasteiger partial charge in [-0.1, -0.05) is 0 Å². The highest BCUT2D eigenvalue weighted by Gasteiger charge is 2.03. The molecule has 1 aromatic carbocycles. The fourth-order valence-corrected chi connectivity index (χ4v) is 2.22. The molecule has 2 aromatic rings. The lowest BCUT2D eigenvalue weighted by Gasteiger charge is -2.05. The van der Waals surface area contributed by atoms with Crippen molar-refractivity contribution in [1.29, 1.82) is 0 Å². The molecule has 0 aliphatic heterocycles. The van der Waals surface area contributed by atoms with Crippen LogP contribution in [-0.2, 0) is 0 Å². The van der Waals surface area contributed by atoms with E-state index in [9.17, 15) is 0 Å². The number of rotatable bonds is 2. The van der Waals surface area contributed by atoms with Crippen LogP contribution in [0.15, 0.2) is 40.5 Å². The summed E-state index contributed by atoms with van der Waals surface area (Å²) in [5.74, 6) is 0. The SMILES string of the molecule is Cc1ccnc(Sc2ccc(N)cc2C)n1. The van der Waals surface area contributed by atoms with Crippen molar-refractivity contribution in [1.82, 2.24) is 9.97 Å². The average Bonchev–Trinajstić information content (AvgIpc) is 2.22. The first-order valence-corrected chi connectivity index (χ1v) is 5.80. The zero-order chi connectivity index (χ0) is 11.5. The van der Waals surface area contributed by atoms with E-state index >= 15 is 0 Å². The summed E-state index contributed by atoms with van der Waals surface area (Å²) in [5.41, 5.74) is 8.61. The molecule has 82 valence electrons. The van der Waals surface area contributed by atoms with E-state index in [-0.39, 0.29) is 0 Å². The number of hydrogen-bond acceptors (Lipinski definition) is 4. The quantitative estimate of drug-likeness (QED) is 0.638. The van der Waals surface area contributed by atoms with Crippen LogP contribution in [-0.4, -0.2) is 9.97 Å². The molecule has 1 heterocycles. The smallest absolute Gasteiger partial charge is 0.192 e. The van der Waals surface area contributed by atoms with Crippen molar-refractivity contribution < 1.29 is 0 Å². The monoisotopic (exact) mass is 231 g/mol. The number of anilines is 1. The van der Waals surface area contributed by atoms with Crippen LogP contribution in [0.1, 0.15) is 11.3 Å². The van der Waals surface area contributed by atoms with E-state index in [1.807, 2.05) is 38.1 Å². The van der Waals surface area contributed by atoms with Crippen LogP contribution in [0.2, 0.25) is 0 Å². The highest BCUT2D eigenvalue weighted by Crippen LogP contribution is 2.28. The number of aromatic nitrogens is 2. The summed E-state index contributed by atoms with van der Waals surface area (Å²) in [6, 6.07) is 7.74. The van der Waals surface area contributed by atoms with Crippen molar-refractivity contribution in [3.63, 3.8) is 0 Å². The molecule has 0 fully saturated rings. The van der Waals surface area contributed by atoms with Gasteiger partial charge < -0.3 is 5.73 Å². The maximum atomic E-state index is 5.70. The second-order valence-electron chi connectivity index (χ2n) is 3.61. The summed E-state index contributed by atoms with van der Waals surface area (Å²) < 4.78 is 0. The van der Waals surface area contributed by atoms with Crippen LogP contribution in [0.25, 0.3) is 0 Å². The first kappa shape index (κ1) is 11.0. The third-order valence-corrected chi connectivity index (χ3v) is 3.23. The van der Waals surface area contributed by atoms with E-state index in [1.165, 1.54) is 0 Å². The number of hydrogen-bond donors (Lipinski definition) is 1. The predicted molar refractivity (Wildman–Crippen MR) is 66.5 cm³/mol. The summed E-state index contributed by atoms with van der Waals surface area (Å²) >= 11 is 1.56. The molecule has 16 heavy (non-hydrogen) atoms. The van der Waals surface area contributed by atoms with Gasteiger partial charge >= 0.3 is 0 Å². The maximum Gasteiger partial charge on any atom is 0.192 e. The Bertz CT molecular complexity index is 511. The predicted octanol–water partition coefficient (Wildman–Crippen LogP) is 2.83.